The minimum atomic E-state index is 0.603. The second-order valence-corrected chi connectivity index (χ2v) is 4.67. The van der Waals surface area contributed by atoms with E-state index in [0.717, 1.165) is 19.3 Å². The van der Waals surface area contributed by atoms with Crippen LogP contribution in [-0.4, -0.2) is 6.61 Å². The number of hydrogen-bond donors (Lipinski definition) is 1. The Morgan fingerprint density at radius 2 is 2.00 bits per heavy atom. The summed E-state index contributed by atoms with van der Waals surface area (Å²) in [5, 5.41) is 0. The highest BCUT2D eigenvalue weighted by molar-refractivity contribution is 5.32. The molecule has 0 heterocycles. The average Bonchev–Trinajstić information content (AvgIpc) is 2.26. The van der Waals surface area contributed by atoms with Crippen LogP contribution in [0.2, 0.25) is 0 Å². The van der Waals surface area contributed by atoms with Gasteiger partial charge in [0.15, 0.2) is 0 Å². The van der Waals surface area contributed by atoms with Crippen molar-refractivity contribution in [2.24, 2.45) is 5.90 Å². The van der Waals surface area contributed by atoms with Crippen molar-refractivity contribution in [1.82, 2.24) is 0 Å². The molecule has 2 N–H and O–H groups in total. The Balaban J connectivity index is 2.60. The smallest absolute Gasteiger partial charge is 0.0679 e. The van der Waals surface area contributed by atoms with E-state index in [1.165, 1.54) is 16.7 Å². The van der Waals surface area contributed by atoms with Crippen molar-refractivity contribution >= 4 is 0 Å². The van der Waals surface area contributed by atoms with E-state index < -0.39 is 0 Å². The fourth-order valence-corrected chi connectivity index (χ4v) is 1.82. The van der Waals surface area contributed by atoms with Crippen LogP contribution in [0.5, 0.6) is 0 Å². The van der Waals surface area contributed by atoms with Crippen LogP contribution in [0.25, 0.3) is 0 Å². The Hall–Kier alpha value is -0.860. The van der Waals surface area contributed by atoms with Gasteiger partial charge in [-0.15, -0.1) is 0 Å². The highest BCUT2D eigenvalue weighted by Gasteiger charge is 2.03. The van der Waals surface area contributed by atoms with E-state index in [1.54, 1.807) is 0 Å². The predicted octanol–water partition coefficient (Wildman–Crippen LogP) is 3.33. The zero-order valence-electron chi connectivity index (χ0n) is 10.6. The molecule has 2 heteroatoms. The normalized spacial score (nSPS) is 11.1. The lowest BCUT2D eigenvalue weighted by atomic mass is 9.95. The van der Waals surface area contributed by atoms with Crippen molar-refractivity contribution in [3.05, 3.63) is 34.9 Å². The Labute approximate surface area is 98.8 Å². The Bertz CT molecular complexity index is 321. The number of unbranched alkanes of at least 4 members (excludes halogenated alkanes) is 1. The summed E-state index contributed by atoms with van der Waals surface area (Å²) in [4.78, 5) is 4.57. The van der Waals surface area contributed by atoms with Gasteiger partial charge in [-0.1, -0.05) is 32.0 Å². The maximum absolute atomic E-state index is 5.00. The van der Waals surface area contributed by atoms with Crippen LogP contribution >= 0.6 is 0 Å². The number of benzene rings is 1. The zero-order chi connectivity index (χ0) is 12.0. The fourth-order valence-electron chi connectivity index (χ4n) is 1.82. The minimum Gasteiger partial charge on any atom is -0.305 e. The summed E-state index contributed by atoms with van der Waals surface area (Å²) >= 11 is 0. The van der Waals surface area contributed by atoms with E-state index in [0.29, 0.717) is 12.5 Å². The molecule has 0 spiro atoms. The highest BCUT2D eigenvalue weighted by atomic mass is 16.6. The van der Waals surface area contributed by atoms with Crippen LogP contribution < -0.4 is 5.90 Å². The summed E-state index contributed by atoms with van der Waals surface area (Å²) in [6.45, 7) is 7.30. The molecule has 16 heavy (non-hydrogen) atoms. The molecule has 0 saturated carbocycles. The van der Waals surface area contributed by atoms with Crippen molar-refractivity contribution in [2.45, 2.75) is 46.0 Å². The molecule has 0 atom stereocenters. The summed E-state index contributed by atoms with van der Waals surface area (Å²) in [5.74, 6) is 5.61. The van der Waals surface area contributed by atoms with Gasteiger partial charge in [-0.3, -0.25) is 0 Å². The van der Waals surface area contributed by atoms with E-state index >= 15 is 0 Å². The van der Waals surface area contributed by atoms with Crippen LogP contribution in [0.15, 0.2) is 18.2 Å². The maximum Gasteiger partial charge on any atom is 0.0679 e. The van der Waals surface area contributed by atoms with E-state index in [-0.39, 0.29) is 0 Å². The van der Waals surface area contributed by atoms with Gasteiger partial charge in [0.25, 0.3) is 0 Å². The van der Waals surface area contributed by atoms with Gasteiger partial charge in [0.1, 0.15) is 0 Å². The zero-order valence-corrected chi connectivity index (χ0v) is 10.6. The molecule has 0 bridgehead atoms. The molecule has 1 aromatic carbocycles. The molecule has 0 saturated heterocycles. The van der Waals surface area contributed by atoms with E-state index in [2.05, 4.69) is 43.8 Å². The Morgan fingerprint density at radius 3 is 2.62 bits per heavy atom. The number of hydrogen-bond acceptors (Lipinski definition) is 2. The number of nitrogens with two attached hydrogens (primary N) is 1. The van der Waals surface area contributed by atoms with Crippen molar-refractivity contribution in [2.75, 3.05) is 6.61 Å². The lowest BCUT2D eigenvalue weighted by molar-refractivity contribution is 0.134. The van der Waals surface area contributed by atoms with Crippen LogP contribution in [0.1, 0.15) is 49.3 Å². The summed E-state index contributed by atoms with van der Waals surface area (Å²) in [7, 11) is 0. The monoisotopic (exact) mass is 221 g/mol. The Kier molecular flexibility index (Phi) is 5.50. The summed E-state index contributed by atoms with van der Waals surface area (Å²) in [5.41, 5.74) is 4.27. The fraction of sp³-hybridized carbons (Fsp3) is 0.571. The van der Waals surface area contributed by atoms with Gasteiger partial charge in [-0.05, 0) is 48.8 Å². The average molecular weight is 221 g/mol. The summed E-state index contributed by atoms with van der Waals surface area (Å²) in [6, 6.07) is 6.79. The molecule has 1 rings (SSSR count). The first-order valence-electron chi connectivity index (χ1n) is 6.06. The van der Waals surface area contributed by atoms with Gasteiger partial charge in [0.05, 0.1) is 6.61 Å². The molecule has 0 aromatic heterocycles. The SMILES string of the molecule is Cc1ccc(C(C)C)cc1CCCCON. The standard InChI is InChI=1S/C14H23NO/c1-11(2)13-8-7-12(3)14(10-13)6-4-5-9-16-15/h7-8,10-11H,4-6,9,15H2,1-3H3. The van der Waals surface area contributed by atoms with Crippen molar-refractivity contribution < 1.29 is 4.84 Å². The van der Waals surface area contributed by atoms with Crippen molar-refractivity contribution in [1.29, 1.82) is 0 Å². The topological polar surface area (TPSA) is 35.2 Å². The molecule has 1 aromatic rings. The predicted molar refractivity (Wildman–Crippen MR) is 68.3 cm³/mol. The first-order valence-corrected chi connectivity index (χ1v) is 6.06. The largest absolute Gasteiger partial charge is 0.305 e. The number of rotatable bonds is 6. The second kappa shape index (κ2) is 6.66. The van der Waals surface area contributed by atoms with E-state index in [4.69, 9.17) is 5.90 Å². The lowest BCUT2D eigenvalue weighted by Crippen LogP contribution is -2.01. The van der Waals surface area contributed by atoms with E-state index in [1.807, 2.05) is 0 Å². The molecule has 0 aliphatic rings. The van der Waals surface area contributed by atoms with Gasteiger partial charge in [0, 0.05) is 0 Å². The molecule has 0 fully saturated rings. The van der Waals surface area contributed by atoms with Crippen LogP contribution in [-0.2, 0) is 11.3 Å². The van der Waals surface area contributed by atoms with Gasteiger partial charge >= 0.3 is 0 Å². The third kappa shape index (κ3) is 3.95. The molecule has 90 valence electrons. The van der Waals surface area contributed by atoms with Crippen LogP contribution in [0.3, 0.4) is 0 Å². The van der Waals surface area contributed by atoms with E-state index in [9.17, 15) is 0 Å². The molecule has 0 amide bonds. The van der Waals surface area contributed by atoms with Gasteiger partial charge < -0.3 is 4.84 Å². The van der Waals surface area contributed by atoms with Gasteiger partial charge in [-0.25, -0.2) is 5.90 Å². The van der Waals surface area contributed by atoms with Gasteiger partial charge in [0.2, 0.25) is 0 Å². The van der Waals surface area contributed by atoms with Crippen LogP contribution in [0.4, 0.5) is 0 Å². The first kappa shape index (κ1) is 13.2. The van der Waals surface area contributed by atoms with Crippen molar-refractivity contribution in [3.8, 4) is 0 Å². The molecule has 0 aliphatic carbocycles. The van der Waals surface area contributed by atoms with Gasteiger partial charge in [-0.2, -0.15) is 0 Å². The third-order valence-electron chi connectivity index (χ3n) is 3.00. The quantitative estimate of drug-likeness (QED) is 0.590. The lowest BCUT2D eigenvalue weighted by Gasteiger charge is -2.11. The first-order chi connectivity index (χ1) is 7.65. The minimum absolute atomic E-state index is 0.603. The molecular weight excluding hydrogens is 198 g/mol. The highest BCUT2D eigenvalue weighted by Crippen LogP contribution is 2.19. The summed E-state index contributed by atoms with van der Waals surface area (Å²) < 4.78 is 0. The molecule has 2 nitrogen and oxygen atoms in total. The molecule has 0 radical (unpaired) electrons. The third-order valence-corrected chi connectivity index (χ3v) is 3.00. The molecular formula is C14H23NO. The molecule has 0 aliphatic heterocycles. The maximum atomic E-state index is 5.00. The summed E-state index contributed by atoms with van der Waals surface area (Å²) in [6.07, 6.45) is 3.29. The van der Waals surface area contributed by atoms with Crippen molar-refractivity contribution in [3.63, 3.8) is 0 Å². The second-order valence-electron chi connectivity index (χ2n) is 4.67. The molecule has 0 unspecified atom stereocenters. The Morgan fingerprint density at radius 1 is 1.25 bits per heavy atom. The van der Waals surface area contributed by atoms with Crippen LogP contribution in [0, 0.1) is 6.92 Å². The number of aryl methyl sites for hydroxylation is 2.